The number of pyridine rings is 1. The molecule has 1 aromatic heterocycles. The predicted octanol–water partition coefficient (Wildman–Crippen LogP) is 2.76. The van der Waals surface area contributed by atoms with Crippen molar-refractivity contribution in [3.8, 4) is 0 Å². The number of anilines is 1. The molecule has 15 heavy (non-hydrogen) atoms. The van der Waals surface area contributed by atoms with E-state index < -0.39 is 35.5 Å². The van der Waals surface area contributed by atoms with Crippen molar-refractivity contribution in [3.63, 3.8) is 0 Å². The van der Waals surface area contributed by atoms with Crippen LogP contribution in [0.15, 0.2) is 6.07 Å². The van der Waals surface area contributed by atoms with E-state index in [1.807, 2.05) is 0 Å². The molecule has 0 aliphatic rings. The van der Waals surface area contributed by atoms with Crippen molar-refractivity contribution in [1.29, 1.82) is 0 Å². The van der Waals surface area contributed by atoms with Crippen LogP contribution in [0.2, 0.25) is 0 Å². The summed E-state index contributed by atoms with van der Waals surface area (Å²) in [5.74, 6) is -2.71. The quantitative estimate of drug-likeness (QED) is 0.595. The first kappa shape index (κ1) is 11.6. The number of nitrogens with zero attached hydrogens (tertiary/aromatic N) is 1. The molecule has 84 valence electrons. The Kier molecular flexibility index (Phi) is 2.78. The van der Waals surface area contributed by atoms with Crippen LogP contribution in [0.4, 0.5) is 32.2 Å². The zero-order valence-corrected chi connectivity index (χ0v) is 6.95. The maximum Gasteiger partial charge on any atom is 0.417 e. The second-order valence-corrected chi connectivity index (χ2v) is 2.60. The molecule has 0 amide bonds. The first-order valence-electron chi connectivity index (χ1n) is 3.54. The van der Waals surface area contributed by atoms with Gasteiger partial charge in [-0.05, 0) is 6.07 Å². The van der Waals surface area contributed by atoms with Crippen molar-refractivity contribution in [2.24, 2.45) is 0 Å². The zero-order valence-electron chi connectivity index (χ0n) is 6.95. The van der Waals surface area contributed by atoms with Gasteiger partial charge in [-0.15, -0.1) is 0 Å². The van der Waals surface area contributed by atoms with Crippen LogP contribution < -0.4 is 5.73 Å². The van der Waals surface area contributed by atoms with Gasteiger partial charge in [-0.25, -0.2) is 13.8 Å². The second kappa shape index (κ2) is 3.59. The number of hydrogen-bond donors (Lipinski definition) is 1. The first-order chi connectivity index (χ1) is 6.73. The molecule has 0 atom stereocenters. The SMILES string of the molecule is Nc1cc(C(F)(F)F)c(C(F)F)c(F)n1. The van der Waals surface area contributed by atoms with Crippen molar-refractivity contribution in [2.45, 2.75) is 12.6 Å². The topological polar surface area (TPSA) is 38.9 Å². The summed E-state index contributed by atoms with van der Waals surface area (Å²) in [6.07, 6.45) is -8.70. The fourth-order valence-corrected chi connectivity index (χ4v) is 0.985. The maximum atomic E-state index is 12.7. The van der Waals surface area contributed by atoms with E-state index in [1.54, 1.807) is 0 Å². The molecular formula is C7H4F6N2. The van der Waals surface area contributed by atoms with Gasteiger partial charge in [0.2, 0.25) is 5.95 Å². The van der Waals surface area contributed by atoms with Gasteiger partial charge >= 0.3 is 6.18 Å². The highest BCUT2D eigenvalue weighted by molar-refractivity contribution is 5.40. The van der Waals surface area contributed by atoms with E-state index in [2.05, 4.69) is 4.98 Å². The van der Waals surface area contributed by atoms with Crippen LogP contribution >= 0.6 is 0 Å². The van der Waals surface area contributed by atoms with E-state index in [1.165, 1.54) is 0 Å². The third kappa shape index (κ3) is 2.31. The Bertz CT molecular complexity index is 372. The minimum Gasteiger partial charge on any atom is -0.384 e. The van der Waals surface area contributed by atoms with Crippen LogP contribution in [0.1, 0.15) is 17.6 Å². The van der Waals surface area contributed by atoms with Gasteiger partial charge in [0.15, 0.2) is 0 Å². The standard InChI is InChI=1S/C7H4F6N2/c8-5(9)4-2(7(11,12)13)1-3(14)15-6(4)10/h1,5H,(H2,14,15). The summed E-state index contributed by atoms with van der Waals surface area (Å²) < 4.78 is 73.5. The van der Waals surface area contributed by atoms with Gasteiger partial charge < -0.3 is 5.73 Å². The van der Waals surface area contributed by atoms with E-state index in [9.17, 15) is 26.3 Å². The summed E-state index contributed by atoms with van der Waals surface area (Å²) in [5.41, 5.74) is 1.25. The minimum absolute atomic E-state index is 0.171. The monoisotopic (exact) mass is 230 g/mol. The molecule has 0 aliphatic heterocycles. The Balaban J connectivity index is 3.47. The summed E-state index contributed by atoms with van der Waals surface area (Å²) in [7, 11) is 0. The van der Waals surface area contributed by atoms with E-state index in [0.717, 1.165) is 0 Å². The van der Waals surface area contributed by atoms with Crippen LogP contribution in [0.25, 0.3) is 0 Å². The van der Waals surface area contributed by atoms with E-state index in [0.29, 0.717) is 0 Å². The third-order valence-electron chi connectivity index (χ3n) is 1.56. The van der Waals surface area contributed by atoms with Crippen molar-refractivity contribution in [2.75, 3.05) is 5.73 Å². The van der Waals surface area contributed by atoms with Gasteiger partial charge in [-0.2, -0.15) is 17.6 Å². The minimum atomic E-state index is -5.09. The fraction of sp³-hybridized carbons (Fsp3) is 0.286. The van der Waals surface area contributed by atoms with Gasteiger partial charge in [0, 0.05) is 0 Å². The van der Waals surface area contributed by atoms with Crippen LogP contribution in [0.3, 0.4) is 0 Å². The van der Waals surface area contributed by atoms with E-state index >= 15 is 0 Å². The Morgan fingerprint density at radius 1 is 1.27 bits per heavy atom. The molecule has 0 aromatic carbocycles. The number of rotatable bonds is 1. The van der Waals surface area contributed by atoms with Gasteiger partial charge in [0.05, 0.1) is 11.1 Å². The highest BCUT2D eigenvalue weighted by atomic mass is 19.4. The number of aromatic nitrogens is 1. The molecule has 1 heterocycles. The van der Waals surface area contributed by atoms with Crippen LogP contribution in [0.5, 0.6) is 0 Å². The van der Waals surface area contributed by atoms with Crippen molar-refractivity contribution >= 4 is 5.82 Å². The number of halogens is 6. The normalized spacial score (nSPS) is 12.2. The zero-order chi connectivity index (χ0) is 11.8. The summed E-state index contributed by atoms with van der Waals surface area (Å²) in [6.45, 7) is 0. The summed E-state index contributed by atoms with van der Waals surface area (Å²) >= 11 is 0. The van der Waals surface area contributed by atoms with Crippen molar-refractivity contribution in [1.82, 2.24) is 4.98 Å². The lowest BCUT2D eigenvalue weighted by Crippen LogP contribution is -2.13. The molecule has 0 fully saturated rings. The average Bonchev–Trinajstić information content (AvgIpc) is 1.99. The van der Waals surface area contributed by atoms with Gasteiger partial charge in [-0.3, -0.25) is 0 Å². The summed E-state index contributed by atoms with van der Waals surface area (Å²) in [6, 6.07) is 0.171. The predicted molar refractivity (Wildman–Crippen MR) is 38.6 cm³/mol. The molecule has 8 heteroatoms. The molecule has 0 aliphatic carbocycles. The first-order valence-corrected chi connectivity index (χ1v) is 3.54. The number of hydrogen-bond acceptors (Lipinski definition) is 2. The molecular weight excluding hydrogens is 226 g/mol. The average molecular weight is 230 g/mol. The molecule has 0 bridgehead atoms. The molecule has 0 radical (unpaired) electrons. The van der Waals surface area contributed by atoms with Gasteiger partial charge in [0.1, 0.15) is 5.82 Å². The second-order valence-electron chi connectivity index (χ2n) is 2.60. The third-order valence-corrected chi connectivity index (χ3v) is 1.56. The molecule has 0 saturated carbocycles. The lowest BCUT2D eigenvalue weighted by atomic mass is 10.1. The fourth-order valence-electron chi connectivity index (χ4n) is 0.985. The number of nitrogen functional groups attached to an aromatic ring is 1. The Morgan fingerprint density at radius 2 is 1.80 bits per heavy atom. The molecule has 2 nitrogen and oxygen atoms in total. The molecule has 2 N–H and O–H groups in total. The van der Waals surface area contributed by atoms with Crippen LogP contribution in [0, 0.1) is 5.95 Å². The smallest absolute Gasteiger partial charge is 0.384 e. The lowest BCUT2D eigenvalue weighted by Gasteiger charge is -2.12. The maximum absolute atomic E-state index is 12.7. The molecule has 0 saturated heterocycles. The molecule has 0 unspecified atom stereocenters. The van der Waals surface area contributed by atoms with Gasteiger partial charge in [0.25, 0.3) is 6.43 Å². The van der Waals surface area contributed by atoms with Crippen molar-refractivity contribution in [3.05, 3.63) is 23.1 Å². The lowest BCUT2D eigenvalue weighted by molar-refractivity contribution is -0.139. The number of alkyl halides is 5. The highest BCUT2D eigenvalue weighted by Crippen LogP contribution is 2.37. The summed E-state index contributed by atoms with van der Waals surface area (Å²) in [4.78, 5) is 2.70. The molecule has 0 spiro atoms. The van der Waals surface area contributed by atoms with Crippen LogP contribution in [-0.2, 0) is 6.18 Å². The summed E-state index contributed by atoms with van der Waals surface area (Å²) in [5, 5.41) is 0. The molecule has 1 aromatic rings. The molecule has 1 rings (SSSR count). The van der Waals surface area contributed by atoms with E-state index in [-0.39, 0.29) is 6.07 Å². The van der Waals surface area contributed by atoms with Crippen LogP contribution in [-0.4, -0.2) is 4.98 Å². The van der Waals surface area contributed by atoms with Gasteiger partial charge in [-0.1, -0.05) is 0 Å². The highest BCUT2D eigenvalue weighted by Gasteiger charge is 2.38. The Hall–Kier alpha value is -1.47. The Labute approximate surface area is 79.7 Å². The van der Waals surface area contributed by atoms with E-state index in [4.69, 9.17) is 5.73 Å². The largest absolute Gasteiger partial charge is 0.417 e. The number of nitrogens with two attached hydrogens (primary N) is 1. The van der Waals surface area contributed by atoms with Crippen molar-refractivity contribution < 1.29 is 26.3 Å². The Morgan fingerprint density at radius 3 is 2.20 bits per heavy atom.